The summed E-state index contributed by atoms with van der Waals surface area (Å²) in [5.41, 5.74) is 2.17. The zero-order valence-corrected chi connectivity index (χ0v) is 13.0. The van der Waals surface area contributed by atoms with Crippen LogP contribution in [-0.2, 0) is 4.74 Å². The van der Waals surface area contributed by atoms with Crippen molar-refractivity contribution < 1.29 is 9.66 Å². The molecule has 0 saturated carbocycles. The second-order valence-electron chi connectivity index (χ2n) is 6.68. The highest BCUT2D eigenvalue weighted by atomic mass is 16.6. The molecule has 0 radical (unpaired) electrons. The molecule has 0 amide bonds. The van der Waals surface area contributed by atoms with Gasteiger partial charge in [0.2, 0.25) is 0 Å². The van der Waals surface area contributed by atoms with Crippen LogP contribution in [0.3, 0.4) is 0 Å². The normalized spacial score (nSPS) is 24.4. The van der Waals surface area contributed by atoms with Crippen LogP contribution in [0, 0.1) is 10.1 Å². The Morgan fingerprint density at radius 2 is 1.91 bits per heavy atom. The van der Waals surface area contributed by atoms with Gasteiger partial charge < -0.3 is 10.1 Å². The molecule has 0 aromatic heterocycles. The van der Waals surface area contributed by atoms with E-state index in [0.717, 1.165) is 50.2 Å². The number of hydrogen-bond donors (Lipinski definition) is 1. The third-order valence-electron chi connectivity index (χ3n) is 5.32. The highest BCUT2D eigenvalue weighted by Crippen LogP contribution is 2.38. The molecule has 6 heteroatoms. The van der Waals surface area contributed by atoms with Crippen LogP contribution in [0.25, 0.3) is 5.57 Å². The third kappa shape index (κ3) is 2.78. The summed E-state index contributed by atoms with van der Waals surface area (Å²) in [5, 5.41) is 14.1. The van der Waals surface area contributed by atoms with Crippen molar-refractivity contribution in [1.82, 2.24) is 10.2 Å². The summed E-state index contributed by atoms with van der Waals surface area (Å²) in [6.07, 6.45) is 4.31. The Morgan fingerprint density at radius 3 is 2.48 bits per heavy atom. The molecule has 1 spiro atoms. The number of piperidine rings is 1. The number of hydrogen-bond acceptors (Lipinski definition) is 5. The van der Waals surface area contributed by atoms with E-state index in [1.54, 1.807) is 12.1 Å². The Hall–Kier alpha value is -1.76. The maximum absolute atomic E-state index is 10.7. The average molecular weight is 315 g/mol. The van der Waals surface area contributed by atoms with Crippen molar-refractivity contribution in [3.8, 4) is 0 Å². The molecule has 6 nitrogen and oxygen atoms in total. The molecule has 1 aromatic rings. The lowest BCUT2D eigenvalue weighted by Gasteiger charge is -2.44. The van der Waals surface area contributed by atoms with Gasteiger partial charge in [-0.3, -0.25) is 15.0 Å². The molecular weight excluding hydrogens is 294 g/mol. The minimum atomic E-state index is -0.365. The zero-order valence-electron chi connectivity index (χ0n) is 13.0. The Bertz CT molecular complexity index is 629. The van der Waals surface area contributed by atoms with Gasteiger partial charge in [0, 0.05) is 44.4 Å². The van der Waals surface area contributed by atoms with Crippen LogP contribution in [0.2, 0.25) is 0 Å². The van der Waals surface area contributed by atoms with Crippen LogP contribution in [0.5, 0.6) is 0 Å². The lowest BCUT2D eigenvalue weighted by atomic mass is 9.88. The van der Waals surface area contributed by atoms with Gasteiger partial charge in [0.05, 0.1) is 17.1 Å². The first-order chi connectivity index (χ1) is 11.2. The number of nitro benzene ring substituents is 1. The molecule has 3 heterocycles. The van der Waals surface area contributed by atoms with Gasteiger partial charge in [-0.2, -0.15) is 0 Å². The van der Waals surface area contributed by atoms with Gasteiger partial charge in [-0.25, -0.2) is 0 Å². The molecule has 1 N–H and O–H groups in total. The monoisotopic (exact) mass is 315 g/mol. The minimum absolute atomic E-state index is 0.130. The molecule has 0 unspecified atom stereocenters. The molecule has 3 aliphatic heterocycles. The van der Waals surface area contributed by atoms with E-state index in [2.05, 4.69) is 16.3 Å². The zero-order chi connectivity index (χ0) is 15.9. The molecule has 122 valence electrons. The van der Waals surface area contributed by atoms with E-state index in [4.69, 9.17) is 4.74 Å². The van der Waals surface area contributed by atoms with Crippen molar-refractivity contribution in [3.63, 3.8) is 0 Å². The Labute approximate surface area is 135 Å². The van der Waals surface area contributed by atoms with Gasteiger partial charge >= 0.3 is 0 Å². The number of nitrogens with one attached hydrogen (secondary N) is 1. The van der Waals surface area contributed by atoms with Gasteiger partial charge in [0.25, 0.3) is 5.69 Å². The molecule has 0 bridgehead atoms. The number of ether oxygens (including phenoxy) is 1. The van der Waals surface area contributed by atoms with E-state index in [-0.39, 0.29) is 16.2 Å². The van der Waals surface area contributed by atoms with E-state index in [0.29, 0.717) is 12.6 Å². The van der Waals surface area contributed by atoms with Crippen LogP contribution in [0.15, 0.2) is 30.3 Å². The fraction of sp³-hybridized carbons (Fsp3) is 0.529. The fourth-order valence-electron chi connectivity index (χ4n) is 3.67. The Morgan fingerprint density at radius 1 is 1.22 bits per heavy atom. The summed E-state index contributed by atoms with van der Waals surface area (Å²) in [5.74, 6) is 0. The van der Waals surface area contributed by atoms with E-state index in [1.165, 1.54) is 0 Å². The fourth-order valence-corrected chi connectivity index (χ4v) is 3.67. The highest BCUT2D eigenvalue weighted by molar-refractivity contribution is 5.70. The lowest BCUT2D eigenvalue weighted by Crippen LogP contribution is -2.60. The second-order valence-corrected chi connectivity index (χ2v) is 6.68. The van der Waals surface area contributed by atoms with Crippen LogP contribution in [-0.4, -0.2) is 54.3 Å². The predicted molar refractivity (Wildman–Crippen MR) is 87.2 cm³/mol. The lowest BCUT2D eigenvalue weighted by molar-refractivity contribution is -0.384. The number of nitro groups is 1. The number of rotatable bonds is 3. The molecule has 2 fully saturated rings. The van der Waals surface area contributed by atoms with E-state index < -0.39 is 0 Å². The maximum Gasteiger partial charge on any atom is 0.269 e. The minimum Gasteiger partial charge on any atom is -0.366 e. The third-order valence-corrected chi connectivity index (χ3v) is 5.32. The summed E-state index contributed by atoms with van der Waals surface area (Å²) in [7, 11) is 0. The molecule has 4 rings (SSSR count). The molecule has 1 aromatic carbocycles. The van der Waals surface area contributed by atoms with Gasteiger partial charge in [-0.1, -0.05) is 0 Å². The van der Waals surface area contributed by atoms with Gasteiger partial charge in [-0.05, 0) is 42.2 Å². The molecular formula is C17H21N3O3. The molecule has 3 aliphatic rings. The van der Waals surface area contributed by atoms with Crippen molar-refractivity contribution in [3.05, 3.63) is 46.0 Å². The molecule has 23 heavy (non-hydrogen) atoms. The standard InChI is InChI=1S/C17H21N3O3/c21-20(22)15-3-1-13(2-4-15)14-9-17(23-12-14)5-7-19(8-6-17)16-10-18-11-16/h1-4,9,16,18H,5-8,10-12H2. The SMILES string of the molecule is O=[N+]([O-])c1ccc(C2=CC3(CCN(C4CNC4)CC3)OC2)cc1. The average Bonchev–Trinajstić information content (AvgIpc) is 2.92. The summed E-state index contributed by atoms with van der Waals surface area (Å²) in [4.78, 5) is 12.9. The maximum atomic E-state index is 10.7. The van der Waals surface area contributed by atoms with Gasteiger partial charge in [0.1, 0.15) is 0 Å². The first-order valence-electron chi connectivity index (χ1n) is 8.21. The summed E-state index contributed by atoms with van der Waals surface area (Å²) >= 11 is 0. The Kier molecular flexibility index (Phi) is 3.67. The first kappa shape index (κ1) is 14.8. The Balaban J connectivity index is 1.45. The van der Waals surface area contributed by atoms with Crippen LogP contribution < -0.4 is 5.32 Å². The van der Waals surface area contributed by atoms with Crippen LogP contribution in [0.1, 0.15) is 18.4 Å². The summed E-state index contributed by atoms with van der Waals surface area (Å²) in [6.45, 7) is 4.98. The highest BCUT2D eigenvalue weighted by Gasteiger charge is 2.40. The van der Waals surface area contributed by atoms with Crippen molar-refractivity contribution in [2.75, 3.05) is 32.8 Å². The molecule has 0 aliphatic carbocycles. The molecule has 0 atom stereocenters. The largest absolute Gasteiger partial charge is 0.366 e. The van der Waals surface area contributed by atoms with E-state index >= 15 is 0 Å². The number of benzene rings is 1. The number of non-ortho nitro benzene ring substituents is 1. The number of likely N-dealkylation sites (tertiary alicyclic amines) is 1. The topological polar surface area (TPSA) is 67.6 Å². The van der Waals surface area contributed by atoms with Crippen LogP contribution >= 0.6 is 0 Å². The smallest absolute Gasteiger partial charge is 0.269 e. The first-order valence-corrected chi connectivity index (χ1v) is 8.21. The predicted octanol–water partition coefficient (Wildman–Crippen LogP) is 1.81. The van der Waals surface area contributed by atoms with E-state index in [9.17, 15) is 10.1 Å². The van der Waals surface area contributed by atoms with E-state index in [1.807, 2.05) is 12.1 Å². The van der Waals surface area contributed by atoms with Crippen molar-refractivity contribution in [2.45, 2.75) is 24.5 Å². The number of nitrogens with zero attached hydrogens (tertiary/aromatic N) is 2. The van der Waals surface area contributed by atoms with Crippen molar-refractivity contribution in [1.29, 1.82) is 0 Å². The van der Waals surface area contributed by atoms with Crippen molar-refractivity contribution >= 4 is 11.3 Å². The van der Waals surface area contributed by atoms with Gasteiger partial charge in [-0.15, -0.1) is 0 Å². The molecule has 2 saturated heterocycles. The second kappa shape index (κ2) is 5.70. The van der Waals surface area contributed by atoms with Crippen LogP contribution in [0.4, 0.5) is 5.69 Å². The van der Waals surface area contributed by atoms with Gasteiger partial charge in [0.15, 0.2) is 0 Å². The summed E-state index contributed by atoms with van der Waals surface area (Å²) in [6, 6.07) is 7.47. The van der Waals surface area contributed by atoms with Crippen molar-refractivity contribution in [2.24, 2.45) is 0 Å². The quantitative estimate of drug-likeness (QED) is 0.681. The summed E-state index contributed by atoms with van der Waals surface area (Å²) < 4.78 is 6.14.